The maximum absolute atomic E-state index is 11.6. The number of rotatable bonds is 2. The zero-order valence-corrected chi connectivity index (χ0v) is 9.87. The summed E-state index contributed by atoms with van der Waals surface area (Å²) in [5.74, 6) is 0. The van der Waals surface area contributed by atoms with E-state index < -0.39 is 5.60 Å². The highest BCUT2D eigenvalue weighted by molar-refractivity contribution is 5.74. The Morgan fingerprint density at radius 2 is 1.88 bits per heavy atom. The predicted octanol–water partition coefficient (Wildman–Crippen LogP) is 1.49. The number of nitrogens with zero attached hydrogens (tertiary/aromatic N) is 1. The first kappa shape index (κ1) is 11.7. The summed E-state index contributed by atoms with van der Waals surface area (Å²) >= 11 is 0. The van der Waals surface area contributed by atoms with Gasteiger partial charge in [-0.05, 0) is 19.3 Å². The van der Waals surface area contributed by atoms with Gasteiger partial charge in [0.05, 0.1) is 12.1 Å². The van der Waals surface area contributed by atoms with Crippen LogP contribution < -0.4 is 5.32 Å². The second-order valence-corrected chi connectivity index (χ2v) is 5.15. The van der Waals surface area contributed by atoms with Crippen LogP contribution in [-0.2, 0) is 0 Å². The first-order valence-corrected chi connectivity index (χ1v) is 6.45. The number of amides is 2. The van der Waals surface area contributed by atoms with Crippen LogP contribution in [-0.4, -0.2) is 41.3 Å². The lowest BCUT2D eigenvalue weighted by Gasteiger charge is -2.35. The number of hydrogen-bond acceptors (Lipinski definition) is 2. The van der Waals surface area contributed by atoms with Gasteiger partial charge in [0.2, 0.25) is 0 Å². The molecule has 2 fully saturated rings. The molecule has 2 N–H and O–H groups in total. The van der Waals surface area contributed by atoms with E-state index in [1.165, 1.54) is 12.8 Å². The molecular formula is C12H22N2O2. The van der Waals surface area contributed by atoms with Crippen molar-refractivity contribution in [2.45, 2.75) is 50.5 Å². The van der Waals surface area contributed by atoms with Crippen LogP contribution in [0.15, 0.2) is 0 Å². The summed E-state index contributed by atoms with van der Waals surface area (Å²) in [6, 6.07) is -0.0103. The molecule has 16 heavy (non-hydrogen) atoms. The van der Waals surface area contributed by atoms with E-state index in [0.29, 0.717) is 6.54 Å². The highest BCUT2D eigenvalue weighted by Gasteiger charge is 2.32. The Balaban J connectivity index is 1.92. The highest BCUT2D eigenvalue weighted by Crippen LogP contribution is 2.28. The van der Waals surface area contributed by atoms with Crippen LogP contribution in [0.2, 0.25) is 0 Å². The highest BCUT2D eigenvalue weighted by atomic mass is 16.3. The minimum absolute atomic E-state index is 0.0103. The molecule has 1 aliphatic heterocycles. The molecule has 1 aliphatic carbocycles. The van der Waals surface area contributed by atoms with Gasteiger partial charge in [0.15, 0.2) is 0 Å². The summed E-state index contributed by atoms with van der Waals surface area (Å²) in [4.78, 5) is 13.4. The molecule has 0 atom stereocenters. The Bertz CT molecular complexity index is 247. The van der Waals surface area contributed by atoms with Crippen molar-refractivity contribution in [3.05, 3.63) is 0 Å². The first-order chi connectivity index (χ1) is 7.70. The van der Waals surface area contributed by atoms with Crippen molar-refractivity contribution in [3.8, 4) is 0 Å². The summed E-state index contributed by atoms with van der Waals surface area (Å²) in [5, 5.41) is 13.3. The molecule has 0 aromatic rings. The van der Waals surface area contributed by atoms with Crippen LogP contribution in [0.1, 0.15) is 44.9 Å². The average molecular weight is 226 g/mol. The quantitative estimate of drug-likeness (QED) is 0.701. The van der Waals surface area contributed by atoms with Crippen molar-refractivity contribution in [2.75, 3.05) is 19.6 Å². The van der Waals surface area contributed by atoms with E-state index >= 15 is 0 Å². The summed E-state index contributed by atoms with van der Waals surface area (Å²) < 4.78 is 0. The normalized spacial score (nSPS) is 26.1. The number of aliphatic hydroxyl groups is 1. The molecule has 2 amide bonds. The van der Waals surface area contributed by atoms with Crippen molar-refractivity contribution in [1.82, 2.24) is 10.2 Å². The molecule has 0 aromatic heterocycles. The fourth-order valence-electron chi connectivity index (χ4n) is 2.73. The minimum Gasteiger partial charge on any atom is -0.388 e. The second-order valence-electron chi connectivity index (χ2n) is 5.15. The molecule has 1 saturated heterocycles. The van der Waals surface area contributed by atoms with E-state index in [4.69, 9.17) is 0 Å². The fraction of sp³-hybridized carbons (Fsp3) is 0.917. The average Bonchev–Trinajstić information content (AvgIpc) is 2.47. The molecule has 0 spiro atoms. The Kier molecular flexibility index (Phi) is 3.69. The number of carbonyl (C=O) groups excluding carboxylic acids is 1. The maximum Gasteiger partial charge on any atom is 0.317 e. The van der Waals surface area contributed by atoms with Crippen LogP contribution in [0.4, 0.5) is 4.79 Å². The molecule has 0 bridgehead atoms. The predicted molar refractivity (Wildman–Crippen MR) is 62.2 cm³/mol. The molecule has 0 unspecified atom stereocenters. The van der Waals surface area contributed by atoms with Gasteiger partial charge in [0.1, 0.15) is 0 Å². The lowest BCUT2D eigenvalue weighted by molar-refractivity contribution is -0.00210. The van der Waals surface area contributed by atoms with Crippen molar-refractivity contribution in [1.29, 1.82) is 0 Å². The van der Waals surface area contributed by atoms with Crippen molar-refractivity contribution in [2.24, 2.45) is 0 Å². The molecule has 0 aromatic carbocycles. The molecular weight excluding hydrogens is 204 g/mol. The third-order valence-corrected chi connectivity index (χ3v) is 3.69. The van der Waals surface area contributed by atoms with Gasteiger partial charge < -0.3 is 15.3 Å². The molecule has 1 saturated carbocycles. The van der Waals surface area contributed by atoms with Crippen molar-refractivity contribution in [3.63, 3.8) is 0 Å². The second kappa shape index (κ2) is 5.04. The van der Waals surface area contributed by atoms with Crippen LogP contribution >= 0.6 is 0 Å². The van der Waals surface area contributed by atoms with E-state index in [-0.39, 0.29) is 6.03 Å². The molecule has 4 nitrogen and oxygen atoms in total. The molecule has 0 radical (unpaired) electrons. The number of carbonyl (C=O) groups is 1. The van der Waals surface area contributed by atoms with Gasteiger partial charge in [0.25, 0.3) is 0 Å². The first-order valence-electron chi connectivity index (χ1n) is 6.45. The van der Waals surface area contributed by atoms with Gasteiger partial charge in [-0.25, -0.2) is 4.79 Å². The Morgan fingerprint density at radius 3 is 2.50 bits per heavy atom. The maximum atomic E-state index is 11.6. The monoisotopic (exact) mass is 226 g/mol. The zero-order chi connectivity index (χ0) is 11.4. The summed E-state index contributed by atoms with van der Waals surface area (Å²) in [5.41, 5.74) is -0.634. The zero-order valence-electron chi connectivity index (χ0n) is 9.87. The van der Waals surface area contributed by atoms with E-state index in [0.717, 1.165) is 45.2 Å². The van der Waals surface area contributed by atoms with Gasteiger partial charge in [-0.15, -0.1) is 0 Å². The molecule has 1 heterocycles. The van der Waals surface area contributed by atoms with Crippen LogP contribution in [0, 0.1) is 0 Å². The lowest BCUT2D eigenvalue weighted by atomic mass is 9.93. The number of hydrogen-bond donors (Lipinski definition) is 2. The third kappa shape index (κ3) is 2.88. The largest absolute Gasteiger partial charge is 0.388 e. The standard InChI is InChI=1S/C12H22N2O2/c15-11-13-8-5-9-14(11)10-12(16)6-3-1-2-4-7-12/h16H,1-10H2,(H,13,15). The van der Waals surface area contributed by atoms with E-state index in [1.807, 2.05) is 0 Å². The van der Waals surface area contributed by atoms with Crippen LogP contribution in [0.3, 0.4) is 0 Å². The summed E-state index contributed by atoms with van der Waals surface area (Å²) in [6.07, 6.45) is 7.29. The van der Waals surface area contributed by atoms with Gasteiger partial charge >= 0.3 is 6.03 Å². The Hall–Kier alpha value is -0.770. The van der Waals surface area contributed by atoms with Gasteiger partial charge in [-0.3, -0.25) is 0 Å². The molecule has 2 aliphatic rings. The minimum atomic E-state index is -0.634. The molecule has 92 valence electrons. The van der Waals surface area contributed by atoms with Crippen molar-refractivity contribution >= 4 is 6.03 Å². The SMILES string of the molecule is O=C1NCCCN1CC1(O)CCCCCC1. The van der Waals surface area contributed by atoms with Gasteiger partial charge in [0, 0.05) is 13.1 Å². The van der Waals surface area contributed by atoms with Gasteiger partial charge in [-0.1, -0.05) is 25.7 Å². The number of urea groups is 1. The van der Waals surface area contributed by atoms with E-state index in [9.17, 15) is 9.90 Å². The van der Waals surface area contributed by atoms with Crippen LogP contribution in [0.5, 0.6) is 0 Å². The number of nitrogens with one attached hydrogen (secondary N) is 1. The lowest BCUT2D eigenvalue weighted by Crippen LogP contribution is -2.52. The third-order valence-electron chi connectivity index (χ3n) is 3.69. The molecule has 2 rings (SSSR count). The number of β-amino-alcohol motifs (C(OH)–C–C–N with tert-alkyl or cyclic N) is 1. The van der Waals surface area contributed by atoms with Crippen molar-refractivity contribution < 1.29 is 9.90 Å². The summed E-state index contributed by atoms with van der Waals surface area (Å²) in [7, 11) is 0. The summed E-state index contributed by atoms with van der Waals surface area (Å²) in [6.45, 7) is 2.07. The Labute approximate surface area is 97.0 Å². The van der Waals surface area contributed by atoms with Crippen LogP contribution in [0.25, 0.3) is 0 Å². The van der Waals surface area contributed by atoms with E-state index in [1.54, 1.807) is 4.90 Å². The van der Waals surface area contributed by atoms with E-state index in [2.05, 4.69) is 5.32 Å². The fourth-order valence-corrected chi connectivity index (χ4v) is 2.73. The smallest absolute Gasteiger partial charge is 0.317 e. The Morgan fingerprint density at radius 1 is 1.19 bits per heavy atom. The topological polar surface area (TPSA) is 52.6 Å². The van der Waals surface area contributed by atoms with Gasteiger partial charge in [-0.2, -0.15) is 0 Å². The molecule has 4 heteroatoms.